The Kier molecular flexibility index (Phi) is 9.81. The molecule has 154 valence electrons. The van der Waals surface area contributed by atoms with E-state index < -0.39 is 0 Å². The summed E-state index contributed by atoms with van der Waals surface area (Å²) in [4.78, 5) is 7.23. The van der Waals surface area contributed by atoms with Crippen LogP contribution in [0.5, 0.6) is 0 Å². The molecule has 0 amide bonds. The van der Waals surface area contributed by atoms with Gasteiger partial charge in [-0.15, -0.1) is 34.2 Å². The van der Waals surface area contributed by atoms with Crippen LogP contribution in [0, 0.1) is 0 Å². The van der Waals surface area contributed by atoms with Crippen molar-refractivity contribution in [3.05, 3.63) is 11.6 Å². The zero-order chi connectivity index (χ0) is 18.2. The van der Waals surface area contributed by atoms with Crippen molar-refractivity contribution in [3.8, 4) is 0 Å². The number of hydrogen-bond donors (Lipinski definition) is 1. The summed E-state index contributed by atoms with van der Waals surface area (Å²) in [6, 6.07) is 0. The van der Waals surface area contributed by atoms with E-state index in [-0.39, 0.29) is 24.0 Å². The van der Waals surface area contributed by atoms with E-state index >= 15 is 0 Å². The Balaban J connectivity index is 0.00000261. The first-order chi connectivity index (χ1) is 12.8. The number of halogens is 1. The predicted molar refractivity (Wildman–Crippen MR) is 119 cm³/mol. The molecule has 3 rings (SSSR count). The number of ether oxygens (including phenoxy) is 1. The number of aromatic nitrogens is 3. The minimum atomic E-state index is 0. The minimum Gasteiger partial charge on any atom is -0.378 e. The second-order valence-corrected chi connectivity index (χ2v) is 7.12. The highest BCUT2D eigenvalue weighted by Gasteiger charge is 2.21. The largest absolute Gasteiger partial charge is 0.378 e. The molecule has 0 atom stereocenters. The Morgan fingerprint density at radius 1 is 1.15 bits per heavy atom. The Morgan fingerprint density at radius 2 is 1.96 bits per heavy atom. The number of rotatable bonds is 6. The second kappa shape index (κ2) is 11.8. The monoisotopic (exact) mass is 490 g/mol. The molecule has 3 heterocycles. The fourth-order valence-corrected chi connectivity index (χ4v) is 3.89. The van der Waals surface area contributed by atoms with Crippen LogP contribution in [0.2, 0.25) is 0 Å². The van der Waals surface area contributed by atoms with E-state index in [9.17, 15) is 0 Å². The van der Waals surface area contributed by atoms with Gasteiger partial charge in [-0.25, -0.2) is 0 Å². The van der Waals surface area contributed by atoms with Gasteiger partial charge in [0.05, 0.1) is 6.10 Å². The Bertz CT molecular complexity index is 583. The maximum Gasteiger partial charge on any atom is 0.193 e. The molecule has 0 aromatic carbocycles. The summed E-state index contributed by atoms with van der Waals surface area (Å²) in [6.07, 6.45) is 8.25. The number of fused-ring (bicyclic) bond motifs is 1. The number of likely N-dealkylation sites (tertiary alicyclic amines) is 1. The van der Waals surface area contributed by atoms with Gasteiger partial charge in [0, 0.05) is 52.2 Å². The number of piperidine rings is 1. The standard InChI is InChI=1S/C19H34N6O.HI/c1-3-20-19(24-14-10-16(11-15-24)26-4-2)21-12-9-18-23-22-17-8-6-5-7-13-25(17)18;/h16H,3-15H2,1-2H3,(H,20,21);1H. The molecule has 27 heavy (non-hydrogen) atoms. The van der Waals surface area contributed by atoms with Crippen LogP contribution in [-0.4, -0.2) is 64.5 Å². The number of aryl methyl sites for hydroxylation is 1. The van der Waals surface area contributed by atoms with E-state index in [4.69, 9.17) is 9.73 Å². The first-order valence-corrected chi connectivity index (χ1v) is 10.4. The van der Waals surface area contributed by atoms with Gasteiger partial charge in [0.15, 0.2) is 5.96 Å². The molecule has 0 unspecified atom stereocenters. The first kappa shape index (κ1) is 22.4. The number of aliphatic imine (C=N–C) groups is 1. The molecule has 0 bridgehead atoms. The zero-order valence-corrected chi connectivity index (χ0v) is 19.2. The third kappa shape index (κ3) is 6.30. The lowest BCUT2D eigenvalue weighted by Crippen LogP contribution is -2.47. The van der Waals surface area contributed by atoms with Crippen molar-refractivity contribution >= 4 is 29.9 Å². The van der Waals surface area contributed by atoms with Gasteiger partial charge in [-0.1, -0.05) is 6.42 Å². The topological polar surface area (TPSA) is 67.6 Å². The molecule has 8 heteroatoms. The van der Waals surface area contributed by atoms with Crippen LogP contribution in [0.3, 0.4) is 0 Å². The van der Waals surface area contributed by atoms with Crippen LogP contribution < -0.4 is 5.32 Å². The summed E-state index contributed by atoms with van der Waals surface area (Å²) < 4.78 is 8.08. The van der Waals surface area contributed by atoms with Crippen molar-refractivity contribution in [2.45, 2.75) is 71.4 Å². The quantitative estimate of drug-likeness (QED) is 0.377. The molecule has 1 aromatic heterocycles. The van der Waals surface area contributed by atoms with Gasteiger partial charge in [0.2, 0.25) is 0 Å². The normalized spacial score (nSPS) is 18.6. The smallest absolute Gasteiger partial charge is 0.193 e. The van der Waals surface area contributed by atoms with Gasteiger partial charge in [-0.05, 0) is 39.5 Å². The van der Waals surface area contributed by atoms with Crippen molar-refractivity contribution in [2.24, 2.45) is 4.99 Å². The van der Waals surface area contributed by atoms with Crippen molar-refractivity contribution in [3.63, 3.8) is 0 Å². The van der Waals surface area contributed by atoms with E-state index in [1.807, 2.05) is 0 Å². The number of nitrogens with one attached hydrogen (secondary N) is 1. The third-order valence-corrected chi connectivity index (χ3v) is 5.26. The van der Waals surface area contributed by atoms with E-state index in [0.717, 1.165) is 82.6 Å². The molecule has 2 aliphatic heterocycles. The summed E-state index contributed by atoms with van der Waals surface area (Å²) in [5, 5.41) is 12.3. The van der Waals surface area contributed by atoms with Crippen LogP contribution in [0.15, 0.2) is 4.99 Å². The second-order valence-electron chi connectivity index (χ2n) is 7.12. The Morgan fingerprint density at radius 3 is 2.70 bits per heavy atom. The first-order valence-electron chi connectivity index (χ1n) is 10.4. The summed E-state index contributed by atoms with van der Waals surface area (Å²) in [7, 11) is 0. The van der Waals surface area contributed by atoms with Crippen molar-refractivity contribution in [2.75, 3.05) is 32.8 Å². The molecule has 0 radical (unpaired) electrons. The van der Waals surface area contributed by atoms with Crippen LogP contribution >= 0.6 is 24.0 Å². The zero-order valence-electron chi connectivity index (χ0n) is 16.8. The number of hydrogen-bond acceptors (Lipinski definition) is 4. The molecule has 0 spiro atoms. The Hall–Kier alpha value is -0.900. The lowest BCUT2D eigenvalue weighted by molar-refractivity contribution is 0.0264. The van der Waals surface area contributed by atoms with Crippen LogP contribution in [-0.2, 0) is 24.1 Å². The SMILES string of the molecule is CCNC(=NCCc1nnc2n1CCCCC2)N1CCC(OCC)CC1.I. The van der Waals surface area contributed by atoms with Crippen LogP contribution in [0.4, 0.5) is 0 Å². The van der Waals surface area contributed by atoms with Gasteiger partial charge >= 0.3 is 0 Å². The third-order valence-electron chi connectivity index (χ3n) is 5.26. The summed E-state index contributed by atoms with van der Waals surface area (Å²) in [5.74, 6) is 3.28. The fraction of sp³-hybridized carbons (Fsp3) is 0.842. The van der Waals surface area contributed by atoms with Gasteiger partial charge in [0.1, 0.15) is 11.6 Å². The van der Waals surface area contributed by atoms with E-state index in [1.165, 1.54) is 19.3 Å². The Labute approximate surface area is 180 Å². The number of guanidine groups is 1. The molecule has 0 saturated carbocycles. The molecule has 2 aliphatic rings. The van der Waals surface area contributed by atoms with Crippen molar-refractivity contribution in [1.29, 1.82) is 0 Å². The molecule has 7 nitrogen and oxygen atoms in total. The van der Waals surface area contributed by atoms with Crippen molar-refractivity contribution < 1.29 is 4.74 Å². The summed E-state index contributed by atoms with van der Waals surface area (Å²) in [5.41, 5.74) is 0. The summed E-state index contributed by atoms with van der Waals surface area (Å²) >= 11 is 0. The average Bonchev–Trinajstić information content (AvgIpc) is 2.88. The highest BCUT2D eigenvalue weighted by Crippen LogP contribution is 2.15. The molecule has 1 fully saturated rings. The molecule has 1 saturated heterocycles. The van der Waals surface area contributed by atoms with Crippen molar-refractivity contribution in [1.82, 2.24) is 25.0 Å². The minimum absolute atomic E-state index is 0. The molecule has 1 N–H and O–H groups in total. The van der Waals surface area contributed by atoms with Gasteiger partial charge in [-0.3, -0.25) is 4.99 Å². The van der Waals surface area contributed by atoms with E-state index in [0.29, 0.717) is 6.10 Å². The highest BCUT2D eigenvalue weighted by molar-refractivity contribution is 14.0. The molecular formula is C19H35IN6O. The van der Waals surface area contributed by atoms with E-state index in [1.54, 1.807) is 0 Å². The summed E-state index contributed by atoms with van der Waals surface area (Å²) in [6.45, 7) is 9.74. The van der Waals surface area contributed by atoms with Gasteiger partial charge in [-0.2, -0.15) is 0 Å². The van der Waals surface area contributed by atoms with E-state index in [2.05, 4.69) is 38.8 Å². The molecular weight excluding hydrogens is 455 g/mol. The molecule has 1 aromatic rings. The lowest BCUT2D eigenvalue weighted by Gasteiger charge is -2.34. The number of nitrogens with zero attached hydrogens (tertiary/aromatic N) is 5. The van der Waals surface area contributed by atoms with Gasteiger partial charge < -0.3 is 19.5 Å². The highest BCUT2D eigenvalue weighted by atomic mass is 127. The van der Waals surface area contributed by atoms with Crippen LogP contribution in [0.25, 0.3) is 0 Å². The average molecular weight is 490 g/mol. The maximum atomic E-state index is 5.76. The van der Waals surface area contributed by atoms with Gasteiger partial charge in [0.25, 0.3) is 0 Å². The lowest BCUT2D eigenvalue weighted by atomic mass is 10.1. The predicted octanol–water partition coefficient (Wildman–Crippen LogP) is 2.63. The van der Waals surface area contributed by atoms with Crippen LogP contribution in [0.1, 0.15) is 57.6 Å². The molecule has 0 aliphatic carbocycles. The maximum absolute atomic E-state index is 5.76. The fourth-order valence-electron chi connectivity index (χ4n) is 3.89.